The van der Waals surface area contributed by atoms with E-state index in [-0.39, 0.29) is 17.7 Å². The molecule has 0 aliphatic heterocycles. The number of nitrogen functional groups attached to an aromatic ring is 1. The molecule has 19 heavy (non-hydrogen) atoms. The van der Waals surface area contributed by atoms with Crippen LogP contribution in [0, 0.1) is 0 Å². The van der Waals surface area contributed by atoms with Crippen LogP contribution in [0.3, 0.4) is 0 Å². The summed E-state index contributed by atoms with van der Waals surface area (Å²) in [5.74, 6) is 5.16. The highest BCUT2D eigenvalue weighted by molar-refractivity contribution is 9.09. The fourth-order valence-electron chi connectivity index (χ4n) is 1.59. The molecule has 0 aliphatic carbocycles. The molecule has 2 unspecified atom stereocenters. The average Bonchev–Trinajstić information content (AvgIpc) is 2.36. The van der Waals surface area contributed by atoms with Gasteiger partial charge in [-0.3, -0.25) is 5.84 Å². The molecule has 0 fully saturated rings. The first kappa shape index (κ1) is 16.2. The lowest BCUT2D eigenvalue weighted by Crippen LogP contribution is -2.21. The number of benzene rings is 1. The lowest BCUT2D eigenvalue weighted by atomic mass is 9.99. The SMILES string of the molecule is NNc1cc(C(F)(F)F)ccc1C(O)C(O)CCBr. The zero-order chi connectivity index (χ0) is 14.6. The standard InChI is InChI=1S/C11H14BrF3N2O2/c12-4-3-9(18)10(19)7-2-1-6(11(13,14)15)5-8(7)17-16/h1-2,5,9-10,17-19H,3-4,16H2. The minimum absolute atomic E-state index is 0.0732. The van der Waals surface area contributed by atoms with Crippen molar-refractivity contribution in [3.63, 3.8) is 0 Å². The Labute approximate surface area is 116 Å². The van der Waals surface area contributed by atoms with Crippen molar-refractivity contribution < 1.29 is 23.4 Å². The van der Waals surface area contributed by atoms with E-state index in [1.807, 2.05) is 0 Å². The van der Waals surface area contributed by atoms with E-state index in [1.54, 1.807) is 0 Å². The van der Waals surface area contributed by atoms with Gasteiger partial charge in [-0.2, -0.15) is 13.2 Å². The molecule has 5 N–H and O–H groups in total. The third-order valence-corrected chi connectivity index (χ3v) is 3.08. The van der Waals surface area contributed by atoms with Crippen molar-refractivity contribution in [2.45, 2.75) is 24.8 Å². The Kier molecular flexibility index (Phi) is 5.60. The summed E-state index contributed by atoms with van der Waals surface area (Å²) in [7, 11) is 0. The minimum Gasteiger partial charge on any atom is -0.390 e. The molecule has 0 aliphatic rings. The van der Waals surface area contributed by atoms with Crippen molar-refractivity contribution in [1.82, 2.24) is 0 Å². The summed E-state index contributed by atoms with van der Waals surface area (Å²) in [5, 5.41) is 20.0. The maximum absolute atomic E-state index is 12.5. The molecule has 0 amide bonds. The monoisotopic (exact) mass is 342 g/mol. The molecule has 0 saturated heterocycles. The maximum Gasteiger partial charge on any atom is 0.416 e. The quantitative estimate of drug-likeness (QED) is 0.375. The molecule has 108 valence electrons. The number of alkyl halides is 4. The van der Waals surface area contributed by atoms with Crippen LogP contribution in [0.15, 0.2) is 18.2 Å². The Morgan fingerprint density at radius 2 is 1.95 bits per heavy atom. The van der Waals surface area contributed by atoms with E-state index in [0.29, 0.717) is 5.33 Å². The van der Waals surface area contributed by atoms with Gasteiger partial charge in [-0.25, -0.2) is 0 Å². The van der Waals surface area contributed by atoms with Gasteiger partial charge in [-0.05, 0) is 18.6 Å². The van der Waals surface area contributed by atoms with Gasteiger partial charge in [-0.15, -0.1) is 0 Å². The molecule has 1 rings (SSSR count). The van der Waals surface area contributed by atoms with Gasteiger partial charge in [0.1, 0.15) is 6.10 Å². The number of nitrogens with one attached hydrogen (secondary N) is 1. The van der Waals surface area contributed by atoms with Crippen LogP contribution in [0.1, 0.15) is 23.7 Å². The van der Waals surface area contributed by atoms with Gasteiger partial charge in [0, 0.05) is 10.9 Å². The number of halogens is 4. The number of hydrogen-bond donors (Lipinski definition) is 4. The molecule has 8 heteroatoms. The molecular formula is C11H14BrF3N2O2. The highest BCUT2D eigenvalue weighted by Gasteiger charge is 2.32. The van der Waals surface area contributed by atoms with E-state index in [9.17, 15) is 23.4 Å². The van der Waals surface area contributed by atoms with E-state index in [0.717, 1.165) is 18.2 Å². The first-order valence-corrected chi connectivity index (χ1v) is 6.53. The van der Waals surface area contributed by atoms with Crippen LogP contribution in [-0.2, 0) is 6.18 Å². The summed E-state index contributed by atoms with van der Waals surface area (Å²) in [6.45, 7) is 0. The molecule has 0 radical (unpaired) electrons. The van der Waals surface area contributed by atoms with Crippen molar-refractivity contribution in [3.05, 3.63) is 29.3 Å². The van der Waals surface area contributed by atoms with E-state index >= 15 is 0 Å². The number of hydrazine groups is 1. The van der Waals surface area contributed by atoms with Gasteiger partial charge in [0.05, 0.1) is 17.4 Å². The van der Waals surface area contributed by atoms with Crippen molar-refractivity contribution in [1.29, 1.82) is 0 Å². The highest BCUT2D eigenvalue weighted by atomic mass is 79.9. The number of aliphatic hydroxyl groups excluding tert-OH is 2. The number of rotatable bonds is 5. The third kappa shape index (κ3) is 4.07. The number of nitrogens with two attached hydrogens (primary N) is 1. The normalized spacial score (nSPS) is 15.1. The summed E-state index contributed by atoms with van der Waals surface area (Å²) in [5.41, 5.74) is 1.26. The molecular weight excluding hydrogens is 329 g/mol. The molecule has 0 aromatic heterocycles. The Morgan fingerprint density at radius 1 is 1.32 bits per heavy atom. The zero-order valence-electron chi connectivity index (χ0n) is 9.78. The van der Waals surface area contributed by atoms with Crippen LogP contribution in [0.2, 0.25) is 0 Å². The maximum atomic E-state index is 12.5. The van der Waals surface area contributed by atoms with E-state index < -0.39 is 23.9 Å². The Balaban J connectivity index is 3.09. The summed E-state index contributed by atoms with van der Waals surface area (Å²) in [6.07, 6.45) is -6.65. The average molecular weight is 343 g/mol. The first-order valence-electron chi connectivity index (χ1n) is 5.41. The number of hydrogen-bond acceptors (Lipinski definition) is 4. The van der Waals surface area contributed by atoms with E-state index in [4.69, 9.17) is 5.84 Å². The summed E-state index contributed by atoms with van der Waals surface area (Å²) < 4.78 is 37.6. The summed E-state index contributed by atoms with van der Waals surface area (Å²) >= 11 is 3.10. The van der Waals surface area contributed by atoms with Gasteiger partial charge in [0.15, 0.2) is 0 Å². The Morgan fingerprint density at radius 3 is 2.42 bits per heavy atom. The molecule has 4 nitrogen and oxygen atoms in total. The molecule has 0 heterocycles. The summed E-state index contributed by atoms with van der Waals surface area (Å²) in [4.78, 5) is 0. The molecule has 0 bridgehead atoms. The molecule has 0 spiro atoms. The lowest BCUT2D eigenvalue weighted by Gasteiger charge is -2.21. The van der Waals surface area contributed by atoms with Crippen LogP contribution in [-0.4, -0.2) is 21.6 Å². The fraction of sp³-hybridized carbons (Fsp3) is 0.455. The Bertz CT molecular complexity index is 429. The Hall–Kier alpha value is -0.830. The molecule has 1 aromatic rings. The molecule has 0 saturated carbocycles. The lowest BCUT2D eigenvalue weighted by molar-refractivity contribution is -0.137. The van der Waals surface area contributed by atoms with Gasteiger partial charge in [0.25, 0.3) is 0 Å². The van der Waals surface area contributed by atoms with Crippen LogP contribution >= 0.6 is 15.9 Å². The zero-order valence-corrected chi connectivity index (χ0v) is 11.4. The van der Waals surface area contributed by atoms with Gasteiger partial charge in [0.2, 0.25) is 0 Å². The van der Waals surface area contributed by atoms with Crippen molar-refractivity contribution in [2.24, 2.45) is 5.84 Å². The largest absolute Gasteiger partial charge is 0.416 e. The van der Waals surface area contributed by atoms with Crippen LogP contribution in [0.4, 0.5) is 18.9 Å². The van der Waals surface area contributed by atoms with Crippen LogP contribution < -0.4 is 11.3 Å². The predicted molar refractivity (Wildman–Crippen MR) is 68.6 cm³/mol. The van der Waals surface area contributed by atoms with Gasteiger partial charge >= 0.3 is 6.18 Å². The highest BCUT2D eigenvalue weighted by Crippen LogP contribution is 2.34. The van der Waals surface area contributed by atoms with E-state index in [1.165, 1.54) is 0 Å². The minimum atomic E-state index is -4.50. The second-order valence-electron chi connectivity index (χ2n) is 3.93. The second kappa shape index (κ2) is 6.56. The second-order valence-corrected chi connectivity index (χ2v) is 4.73. The van der Waals surface area contributed by atoms with Crippen molar-refractivity contribution in [2.75, 3.05) is 10.8 Å². The third-order valence-electron chi connectivity index (χ3n) is 2.62. The van der Waals surface area contributed by atoms with Gasteiger partial charge < -0.3 is 15.6 Å². The number of anilines is 1. The topological polar surface area (TPSA) is 78.5 Å². The van der Waals surface area contributed by atoms with E-state index in [2.05, 4.69) is 21.4 Å². The predicted octanol–water partition coefficient (Wildman–Crippen LogP) is 2.17. The van der Waals surface area contributed by atoms with Crippen LogP contribution in [0.5, 0.6) is 0 Å². The van der Waals surface area contributed by atoms with Crippen molar-refractivity contribution >= 4 is 21.6 Å². The smallest absolute Gasteiger partial charge is 0.390 e. The first-order chi connectivity index (χ1) is 8.81. The molecule has 2 atom stereocenters. The fourth-order valence-corrected chi connectivity index (χ4v) is 2.06. The molecule has 1 aromatic carbocycles. The van der Waals surface area contributed by atoms with Gasteiger partial charge in [-0.1, -0.05) is 22.0 Å². The number of aliphatic hydroxyl groups is 2. The summed E-state index contributed by atoms with van der Waals surface area (Å²) in [6, 6.07) is 2.72. The van der Waals surface area contributed by atoms with Crippen LogP contribution in [0.25, 0.3) is 0 Å². The van der Waals surface area contributed by atoms with Crippen molar-refractivity contribution in [3.8, 4) is 0 Å².